The van der Waals surface area contributed by atoms with Crippen molar-refractivity contribution in [2.24, 2.45) is 0 Å². The molecule has 2 aromatic carbocycles. The third-order valence-corrected chi connectivity index (χ3v) is 4.31. The number of likely N-dealkylation sites (N-methyl/N-ethyl adjacent to an activating group) is 2. The zero-order valence-electron chi connectivity index (χ0n) is 14.7. The van der Waals surface area contributed by atoms with Gasteiger partial charge in [-0.15, -0.1) is 0 Å². The summed E-state index contributed by atoms with van der Waals surface area (Å²) < 4.78 is 14.5. The Balaban J connectivity index is 2.10. The van der Waals surface area contributed by atoms with E-state index in [0.29, 0.717) is 4.47 Å². The van der Waals surface area contributed by atoms with E-state index < -0.39 is 5.82 Å². The van der Waals surface area contributed by atoms with Gasteiger partial charge in [0.25, 0.3) is 0 Å². The van der Waals surface area contributed by atoms with Crippen molar-refractivity contribution < 1.29 is 9.18 Å². The van der Waals surface area contributed by atoms with Gasteiger partial charge >= 0.3 is 0 Å². The molecule has 0 aliphatic heterocycles. The number of benzene rings is 2. The van der Waals surface area contributed by atoms with Crippen molar-refractivity contribution in [3.8, 4) is 0 Å². The van der Waals surface area contributed by atoms with Gasteiger partial charge < -0.3 is 9.80 Å². The summed E-state index contributed by atoms with van der Waals surface area (Å²) in [5, 5.41) is 0. The third-order valence-electron chi connectivity index (χ3n) is 3.82. The minimum Gasteiger partial charge on any atom is -0.373 e. The molecular formula is C20H22BrFN2O. The summed E-state index contributed by atoms with van der Waals surface area (Å²) in [6.07, 6.45) is 3.12. The first-order chi connectivity index (χ1) is 11.9. The van der Waals surface area contributed by atoms with Crippen LogP contribution in [0, 0.1) is 5.82 Å². The molecule has 0 aromatic heterocycles. The number of nitrogens with zero attached hydrogens (tertiary/aromatic N) is 2. The molecule has 0 heterocycles. The third kappa shape index (κ3) is 5.80. The summed E-state index contributed by atoms with van der Waals surface area (Å²) in [5.41, 5.74) is 2.05. The van der Waals surface area contributed by atoms with Crippen LogP contribution in [-0.4, -0.2) is 44.9 Å². The van der Waals surface area contributed by atoms with Gasteiger partial charge in [0.1, 0.15) is 5.82 Å². The van der Waals surface area contributed by atoms with Crippen molar-refractivity contribution >= 4 is 33.5 Å². The van der Waals surface area contributed by atoms with E-state index in [1.54, 1.807) is 12.1 Å². The average Bonchev–Trinajstić information content (AvgIpc) is 2.57. The Labute approximate surface area is 156 Å². The lowest BCUT2D eigenvalue weighted by atomic mass is 10.1. The summed E-state index contributed by atoms with van der Waals surface area (Å²) in [6, 6.07) is 12.3. The highest BCUT2D eigenvalue weighted by atomic mass is 79.9. The van der Waals surface area contributed by atoms with Crippen molar-refractivity contribution in [1.29, 1.82) is 0 Å². The van der Waals surface area contributed by atoms with E-state index in [-0.39, 0.29) is 11.3 Å². The Bertz CT molecular complexity index is 774. The molecule has 0 saturated heterocycles. The first-order valence-corrected chi connectivity index (χ1v) is 8.79. The molecule has 0 atom stereocenters. The maximum Gasteiger partial charge on any atom is 0.188 e. The van der Waals surface area contributed by atoms with E-state index in [1.807, 2.05) is 45.4 Å². The SMILES string of the molecule is CN(C)CCN(C)c1cccc(/C=C/C(=O)c2ccc(Br)cc2F)c1. The number of halogens is 2. The lowest BCUT2D eigenvalue weighted by Crippen LogP contribution is -2.28. The molecule has 0 amide bonds. The lowest BCUT2D eigenvalue weighted by Gasteiger charge is -2.21. The first kappa shape index (κ1) is 19.3. The molecule has 0 bridgehead atoms. The number of carbonyl (C=O) groups excluding carboxylic acids is 1. The summed E-state index contributed by atoms with van der Waals surface area (Å²) in [6.45, 7) is 1.86. The molecule has 0 unspecified atom stereocenters. The lowest BCUT2D eigenvalue weighted by molar-refractivity contribution is 0.104. The van der Waals surface area contributed by atoms with Gasteiger partial charge in [0.05, 0.1) is 5.56 Å². The van der Waals surface area contributed by atoms with Gasteiger partial charge in [0.2, 0.25) is 0 Å². The van der Waals surface area contributed by atoms with Crippen molar-refractivity contribution in [2.45, 2.75) is 0 Å². The van der Waals surface area contributed by atoms with E-state index in [9.17, 15) is 9.18 Å². The molecule has 132 valence electrons. The Morgan fingerprint density at radius 2 is 1.88 bits per heavy atom. The quantitative estimate of drug-likeness (QED) is 0.501. The largest absolute Gasteiger partial charge is 0.373 e. The van der Waals surface area contributed by atoms with Gasteiger partial charge in [0, 0.05) is 30.3 Å². The number of rotatable bonds is 7. The van der Waals surface area contributed by atoms with Crippen LogP contribution in [0.25, 0.3) is 6.08 Å². The Hall–Kier alpha value is -1.98. The number of anilines is 1. The molecule has 0 radical (unpaired) electrons. The molecule has 0 fully saturated rings. The van der Waals surface area contributed by atoms with Gasteiger partial charge in [0.15, 0.2) is 5.78 Å². The van der Waals surface area contributed by atoms with E-state index in [4.69, 9.17) is 0 Å². The van der Waals surface area contributed by atoms with Crippen molar-refractivity contribution in [3.05, 3.63) is 70.0 Å². The topological polar surface area (TPSA) is 23.6 Å². The van der Waals surface area contributed by atoms with Crippen LogP contribution in [0.3, 0.4) is 0 Å². The van der Waals surface area contributed by atoms with Crippen LogP contribution in [-0.2, 0) is 0 Å². The van der Waals surface area contributed by atoms with E-state index in [0.717, 1.165) is 24.3 Å². The predicted octanol–water partition coefficient (Wildman–Crippen LogP) is 4.48. The highest BCUT2D eigenvalue weighted by molar-refractivity contribution is 9.10. The summed E-state index contributed by atoms with van der Waals surface area (Å²) >= 11 is 3.19. The molecule has 0 spiro atoms. The first-order valence-electron chi connectivity index (χ1n) is 8.00. The van der Waals surface area contributed by atoms with Crippen LogP contribution in [0.1, 0.15) is 15.9 Å². The second-order valence-corrected chi connectivity index (χ2v) is 7.06. The van der Waals surface area contributed by atoms with Crippen molar-refractivity contribution in [3.63, 3.8) is 0 Å². The fourth-order valence-corrected chi connectivity index (χ4v) is 2.63. The molecule has 0 saturated carbocycles. The molecule has 5 heteroatoms. The van der Waals surface area contributed by atoms with Crippen LogP contribution in [0.15, 0.2) is 53.0 Å². The fourth-order valence-electron chi connectivity index (χ4n) is 2.30. The number of hydrogen-bond donors (Lipinski definition) is 0. The minimum absolute atomic E-state index is 0.0682. The predicted molar refractivity (Wildman–Crippen MR) is 106 cm³/mol. The number of carbonyl (C=O) groups is 1. The van der Waals surface area contributed by atoms with Gasteiger partial charge in [-0.3, -0.25) is 4.79 Å². The second kappa shape index (κ2) is 8.92. The summed E-state index contributed by atoms with van der Waals surface area (Å²) in [7, 11) is 6.12. The van der Waals surface area contributed by atoms with Gasteiger partial charge in [-0.1, -0.05) is 34.1 Å². The smallest absolute Gasteiger partial charge is 0.188 e. The Morgan fingerprint density at radius 1 is 1.12 bits per heavy atom. The number of hydrogen-bond acceptors (Lipinski definition) is 3. The standard InChI is InChI=1S/C20H22BrFN2O/c1-23(2)11-12-24(3)17-6-4-5-15(13-17)7-10-20(25)18-9-8-16(21)14-19(18)22/h4-10,13-14H,11-12H2,1-3H3/b10-7+. The minimum atomic E-state index is -0.527. The van der Waals surface area contributed by atoms with Gasteiger partial charge in [-0.25, -0.2) is 4.39 Å². The molecule has 2 rings (SSSR count). The highest BCUT2D eigenvalue weighted by Gasteiger charge is 2.09. The van der Waals surface area contributed by atoms with E-state index in [2.05, 4.69) is 25.7 Å². The van der Waals surface area contributed by atoms with Gasteiger partial charge in [-0.2, -0.15) is 0 Å². The normalized spacial score (nSPS) is 11.3. The molecule has 0 N–H and O–H groups in total. The molecule has 3 nitrogen and oxygen atoms in total. The number of ketones is 1. The monoisotopic (exact) mass is 404 g/mol. The molecular weight excluding hydrogens is 383 g/mol. The molecule has 2 aromatic rings. The second-order valence-electron chi connectivity index (χ2n) is 6.14. The van der Waals surface area contributed by atoms with Crippen LogP contribution in [0.2, 0.25) is 0 Å². The van der Waals surface area contributed by atoms with E-state index >= 15 is 0 Å². The Morgan fingerprint density at radius 3 is 2.56 bits per heavy atom. The fraction of sp³-hybridized carbons (Fsp3) is 0.250. The maximum atomic E-state index is 13.9. The molecule has 0 aliphatic carbocycles. The molecule has 25 heavy (non-hydrogen) atoms. The van der Waals surface area contributed by atoms with Crippen LogP contribution in [0.5, 0.6) is 0 Å². The van der Waals surface area contributed by atoms with E-state index in [1.165, 1.54) is 18.2 Å². The Kier molecular flexibility index (Phi) is 6.91. The summed E-state index contributed by atoms with van der Waals surface area (Å²) in [5.74, 6) is -0.877. The van der Waals surface area contributed by atoms with Crippen molar-refractivity contribution in [2.75, 3.05) is 39.1 Å². The number of allylic oxidation sites excluding steroid dienone is 1. The van der Waals surface area contributed by atoms with Crippen LogP contribution < -0.4 is 4.90 Å². The van der Waals surface area contributed by atoms with Crippen molar-refractivity contribution in [1.82, 2.24) is 4.90 Å². The van der Waals surface area contributed by atoms with Gasteiger partial charge in [-0.05, 0) is 56.1 Å². The zero-order valence-corrected chi connectivity index (χ0v) is 16.3. The zero-order chi connectivity index (χ0) is 18.4. The molecule has 0 aliphatic rings. The maximum absolute atomic E-state index is 13.9. The van der Waals surface area contributed by atoms with Crippen LogP contribution in [0.4, 0.5) is 10.1 Å². The highest BCUT2D eigenvalue weighted by Crippen LogP contribution is 2.18. The summed E-state index contributed by atoms with van der Waals surface area (Å²) in [4.78, 5) is 16.5. The average molecular weight is 405 g/mol. The van der Waals surface area contributed by atoms with Crippen LogP contribution >= 0.6 is 15.9 Å².